The molecule has 0 spiro atoms. The van der Waals surface area contributed by atoms with E-state index in [0.717, 1.165) is 6.42 Å². The van der Waals surface area contributed by atoms with Crippen molar-refractivity contribution in [2.24, 2.45) is 0 Å². The standard InChI is InChI=1S/C5H12OS2/c1-3-4(7)5(8)6-2/h4-5,7-8H,3H2,1-2H3. The Labute approximate surface area is 61.6 Å². The Morgan fingerprint density at radius 1 is 1.50 bits per heavy atom. The van der Waals surface area contributed by atoms with Gasteiger partial charge in [-0.15, -0.1) is 12.6 Å². The van der Waals surface area contributed by atoms with Crippen LogP contribution in [-0.4, -0.2) is 17.8 Å². The summed E-state index contributed by atoms with van der Waals surface area (Å²) < 4.78 is 4.89. The highest BCUT2D eigenvalue weighted by Gasteiger charge is 2.08. The molecule has 8 heavy (non-hydrogen) atoms. The van der Waals surface area contributed by atoms with E-state index in [1.165, 1.54) is 0 Å². The van der Waals surface area contributed by atoms with Crippen LogP contribution in [0.25, 0.3) is 0 Å². The summed E-state index contributed by atoms with van der Waals surface area (Å²) in [7, 11) is 1.64. The van der Waals surface area contributed by atoms with Crippen LogP contribution in [0.5, 0.6) is 0 Å². The van der Waals surface area contributed by atoms with Gasteiger partial charge in [-0.05, 0) is 6.42 Å². The van der Waals surface area contributed by atoms with Gasteiger partial charge in [0.1, 0.15) is 5.44 Å². The minimum Gasteiger partial charge on any atom is -0.370 e. The monoisotopic (exact) mass is 152 g/mol. The molecule has 0 saturated carbocycles. The average Bonchev–Trinajstić information content (AvgIpc) is 1.84. The first-order valence-electron chi connectivity index (χ1n) is 2.61. The van der Waals surface area contributed by atoms with Crippen molar-refractivity contribution in [3.63, 3.8) is 0 Å². The molecule has 0 bridgehead atoms. The Balaban J connectivity index is 3.29. The maximum atomic E-state index is 4.89. The molecule has 0 aromatic heterocycles. The summed E-state index contributed by atoms with van der Waals surface area (Å²) in [5, 5.41) is 0.253. The van der Waals surface area contributed by atoms with E-state index in [-0.39, 0.29) is 10.7 Å². The largest absolute Gasteiger partial charge is 0.370 e. The molecule has 0 aliphatic heterocycles. The molecule has 3 heteroatoms. The zero-order chi connectivity index (χ0) is 6.57. The molecular weight excluding hydrogens is 140 g/mol. The summed E-state index contributed by atoms with van der Waals surface area (Å²) in [5.41, 5.74) is -0.0247. The Hall–Kier alpha value is 0.660. The van der Waals surface area contributed by atoms with Gasteiger partial charge in [0, 0.05) is 12.4 Å². The van der Waals surface area contributed by atoms with Crippen LogP contribution in [0.2, 0.25) is 0 Å². The van der Waals surface area contributed by atoms with Crippen LogP contribution in [0, 0.1) is 0 Å². The fourth-order valence-electron chi connectivity index (χ4n) is 0.359. The third-order valence-electron chi connectivity index (χ3n) is 0.989. The molecule has 0 N–H and O–H groups in total. The molecule has 0 aromatic rings. The molecule has 2 unspecified atom stereocenters. The van der Waals surface area contributed by atoms with Gasteiger partial charge in [0.15, 0.2) is 0 Å². The van der Waals surface area contributed by atoms with Crippen molar-refractivity contribution in [3.8, 4) is 0 Å². The maximum absolute atomic E-state index is 4.89. The highest BCUT2D eigenvalue weighted by molar-refractivity contribution is 7.85. The highest BCUT2D eigenvalue weighted by Crippen LogP contribution is 2.11. The van der Waals surface area contributed by atoms with Crippen LogP contribution in [-0.2, 0) is 4.74 Å². The molecule has 0 aliphatic carbocycles. The molecule has 0 amide bonds. The molecule has 0 saturated heterocycles. The van der Waals surface area contributed by atoms with Crippen molar-refractivity contribution in [3.05, 3.63) is 0 Å². The quantitative estimate of drug-likeness (QED) is 0.461. The zero-order valence-corrected chi connectivity index (χ0v) is 6.95. The minimum absolute atomic E-state index is 0.0247. The maximum Gasteiger partial charge on any atom is 0.111 e. The Bertz CT molecular complexity index is 50.4. The second kappa shape index (κ2) is 4.53. The first-order valence-corrected chi connectivity index (χ1v) is 3.64. The van der Waals surface area contributed by atoms with E-state index in [4.69, 9.17) is 4.74 Å². The lowest BCUT2D eigenvalue weighted by Crippen LogP contribution is -2.15. The molecular formula is C5H12OS2. The summed E-state index contributed by atoms with van der Waals surface area (Å²) in [6.07, 6.45) is 0.991. The van der Waals surface area contributed by atoms with Gasteiger partial charge in [0.2, 0.25) is 0 Å². The van der Waals surface area contributed by atoms with Crippen LogP contribution < -0.4 is 0 Å². The molecule has 0 rings (SSSR count). The van der Waals surface area contributed by atoms with Gasteiger partial charge in [-0.1, -0.05) is 6.92 Å². The summed E-state index contributed by atoms with van der Waals surface area (Å²) in [6.45, 7) is 2.06. The van der Waals surface area contributed by atoms with E-state index in [2.05, 4.69) is 32.2 Å². The van der Waals surface area contributed by atoms with E-state index in [1.54, 1.807) is 7.11 Å². The lowest BCUT2D eigenvalue weighted by molar-refractivity contribution is 0.172. The summed E-state index contributed by atoms with van der Waals surface area (Å²) in [4.78, 5) is 0. The van der Waals surface area contributed by atoms with Gasteiger partial charge in [0.25, 0.3) is 0 Å². The van der Waals surface area contributed by atoms with E-state index in [9.17, 15) is 0 Å². The SMILES string of the molecule is CCC(S)C(S)OC. The van der Waals surface area contributed by atoms with Crippen molar-refractivity contribution in [1.29, 1.82) is 0 Å². The van der Waals surface area contributed by atoms with Gasteiger partial charge < -0.3 is 4.74 Å². The topological polar surface area (TPSA) is 9.23 Å². The van der Waals surface area contributed by atoms with Crippen LogP contribution >= 0.6 is 25.3 Å². The van der Waals surface area contributed by atoms with Crippen LogP contribution in [0.3, 0.4) is 0 Å². The molecule has 0 fully saturated rings. The van der Waals surface area contributed by atoms with E-state index >= 15 is 0 Å². The molecule has 0 heterocycles. The first kappa shape index (κ1) is 8.66. The first-order chi connectivity index (χ1) is 3.72. The lowest BCUT2D eigenvalue weighted by Gasteiger charge is -2.13. The second-order valence-corrected chi connectivity index (χ2v) is 2.77. The Morgan fingerprint density at radius 3 is 2.12 bits per heavy atom. The van der Waals surface area contributed by atoms with Gasteiger partial charge in [0.05, 0.1) is 0 Å². The van der Waals surface area contributed by atoms with Crippen LogP contribution in [0.1, 0.15) is 13.3 Å². The predicted octanol–water partition coefficient (Wildman–Crippen LogP) is 1.60. The third-order valence-corrected chi connectivity index (χ3v) is 2.43. The van der Waals surface area contributed by atoms with Gasteiger partial charge in [-0.2, -0.15) is 12.6 Å². The predicted molar refractivity (Wildman–Crippen MR) is 42.8 cm³/mol. The van der Waals surface area contributed by atoms with Gasteiger partial charge >= 0.3 is 0 Å². The third kappa shape index (κ3) is 2.84. The second-order valence-electron chi connectivity index (χ2n) is 1.60. The number of hydrogen-bond donors (Lipinski definition) is 2. The molecule has 0 aromatic carbocycles. The minimum atomic E-state index is -0.0247. The van der Waals surface area contributed by atoms with Crippen molar-refractivity contribution in [2.45, 2.75) is 24.0 Å². The van der Waals surface area contributed by atoms with Gasteiger partial charge in [-0.3, -0.25) is 0 Å². The normalized spacial score (nSPS) is 18.0. The average molecular weight is 152 g/mol. The van der Waals surface area contributed by atoms with Gasteiger partial charge in [-0.25, -0.2) is 0 Å². The molecule has 2 atom stereocenters. The highest BCUT2D eigenvalue weighted by atomic mass is 32.1. The number of rotatable bonds is 3. The smallest absolute Gasteiger partial charge is 0.111 e. The summed E-state index contributed by atoms with van der Waals surface area (Å²) in [5.74, 6) is 0. The Morgan fingerprint density at radius 2 is 2.00 bits per heavy atom. The number of thiol groups is 2. The summed E-state index contributed by atoms with van der Waals surface area (Å²) >= 11 is 8.31. The van der Waals surface area contributed by atoms with E-state index < -0.39 is 0 Å². The number of ether oxygens (including phenoxy) is 1. The lowest BCUT2D eigenvalue weighted by atomic mass is 10.3. The molecule has 0 radical (unpaired) electrons. The number of hydrogen-bond acceptors (Lipinski definition) is 3. The number of methoxy groups -OCH3 is 1. The van der Waals surface area contributed by atoms with Crippen molar-refractivity contribution < 1.29 is 4.74 Å². The van der Waals surface area contributed by atoms with Crippen LogP contribution in [0.4, 0.5) is 0 Å². The van der Waals surface area contributed by atoms with Crippen molar-refractivity contribution in [1.82, 2.24) is 0 Å². The summed E-state index contributed by atoms with van der Waals surface area (Å²) in [6, 6.07) is 0. The van der Waals surface area contributed by atoms with Crippen molar-refractivity contribution >= 4 is 25.3 Å². The van der Waals surface area contributed by atoms with Crippen molar-refractivity contribution in [2.75, 3.05) is 7.11 Å². The Kier molecular flexibility index (Phi) is 4.90. The van der Waals surface area contributed by atoms with Crippen LogP contribution in [0.15, 0.2) is 0 Å². The molecule has 0 aliphatic rings. The fraction of sp³-hybridized carbons (Fsp3) is 1.00. The molecule has 1 nitrogen and oxygen atoms in total. The van der Waals surface area contributed by atoms with E-state index in [1.807, 2.05) is 0 Å². The molecule has 50 valence electrons. The zero-order valence-electron chi connectivity index (χ0n) is 5.16. The van der Waals surface area contributed by atoms with E-state index in [0.29, 0.717) is 0 Å². The fourth-order valence-corrected chi connectivity index (χ4v) is 0.691.